The minimum atomic E-state index is -4.80. The zero-order chi connectivity index (χ0) is 15.5. The molecule has 0 amide bonds. The first kappa shape index (κ1) is 18.2. The average molecular weight is 382 g/mol. The molecule has 0 aromatic carbocycles. The summed E-state index contributed by atoms with van der Waals surface area (Å²) in [5, 5.41) is 47.7. The molecule has 1 rings (SSSR count). The second-order valence-electron chi connectivity index (χ2n) is 4.55. The Kier molecular flexibility index (Phi) is 6.80. The van der Waals surface area contributed by atoms with Crippen LogP contribution in [0.1, 0.15) is 0 Å². The molecule has 0 aliphatic carbocycles. The topological polar surface area (TPSA) is 165 Å². The van der Waals surface area contributed by atoms with Crippen LogP contribution in [0.15, 0.2) is 0 Å². The monoisotopic (exact) mass is 383 g/mol. The molecule has 1 fully saturated rings. The number of aliphatic hydroxyl groups excluding tert-OH is 5. The SMILES string of the molecule is O=S(=O)(O)O[C@H](CO)[C@@H](O)C[Se+]1C[C@@H](O)C(O)[C@@H](O)C1. The Labute approximate surface area is 120 Å². The summed E-state index contributed by atoms with van der Waals surface area (Å²) in [7, 11) is -4.80. The number of hydrogen-bond acceptors (Lipinski definition) is 8. The van der Waals surface area contributed by atoms with Gasteiger partial charge in [-0.3, -0.25) is 0 Å². The van der Waals surface area contributed by atoms with Gasteiger partial charge < -0.3 is 0 Å². The maximum atomic E-state index is 10.6. The molecule has 6 N–H and O–H groups in total. The van der Waals surface area contributed by atoms with Crippen LogP contribution in [0.5, 0.6) is 0 Å². The molecule has 120 valence electrons. The van der Waals surface area contributed by atoms with Gasteiger partial charge in [-0.1, -0.05) is 0 Å². The molecule has 6 atom stereocenters. The summed E-state index contributed by atoms with van der Waals surface area (Å²) >= 11 is -1.71. The fourth-order valence-corrected chi connectivity index (χ4v) is 7.54. The quantitative estimate of drug-likeness (QED) is 0.209. The zero-order valence-corrected chi connectivity index (χ0v) is 13.0. The Balaban J connectivity index is 2.58. The number of hydrogen-bond donors (Lipinski definition) is 6. The number of aliphatic hydroxyl groups is 5. The maximum absolute atomic E-state index is 10.6. The standard InChI is InChI=1S/C9H18O9SSe/c10-1-8(18-19(15,16)17)5(11)2-20-3-6(12)9(14)7(13)4-20/h5-14H,1-4H2/p+1/t5-,6-,7+,8+,9?,20?/m0/s1. The molecule has 1 aliphatic heterocycles. The van der Waals surface area contributed by atoms with Crippen LogP contribution in [0.4, 0.5) is 0 Å². The van der Waals surface area contributed by atoms with E-state index in [2.05, 4.69) is 4.18 Å². The second-order valence-corrected chi connectivity index (χ2v) is 10.3. The molecule has 1 aliphatic rings. The molecule has 2 unspecified atom stereocenters. The van der Waals surface area contributed by atoms with Crippen molar-refractivity contribution in [2.45, 2.75) is 46.5 Å². The third-order valence-corrected chi connectivity index (χ3v) is 8.47. The molecule has 0 saturated carbocycles. The summed E-state index contributed by atoms with van der Waals surface area (Å²) in [4.78, 5) is 0. The van der Waals surface area contributed by atoms with Gasteiger partial charge >= 0.3 is 120 Å². The van der Waals surface area contributed by atoms with E-state index in [1.807, 2.05) is 0 Å². The van der Waals surface area contributed by atoms with Gasteiger partial charge in [-0.25, -0.2) is 0 Å². The van der Waals surface area contributed by atoms with Crippen LogP contribution in [-0.2, 0) is 14.6 Å². The van der Waals surface area contributed by atoms with Crippen LogP contribution in [0.25, 0.3) is 0 Å². The van der Waals surface area contributed by atoms with E-state index in [-0.39, 0.29) is 16.0 Å². The molecule has 1 saturated heterocycles. The van der Waals surface area contributed by atoms with Crippen molar-refractivity contribution in [1.29, 1.82) is 0 Å². The van der Waals surface area contributed by atoms with Crippen LogP contribution in [-0.4, -0.2) is 89.5 Å². The molecule has 0 radical (unpaired) electrons. The van der Waals surface area contributed by atoms with Crippen molar-refractivity contribution in [3.8, 4) is 0 Å². The average Bonchev–Trinajstić information content (AvgIpc) is 2.31. The summed E-state index contributed by atoms with van der Waals surface area (Å²) < 4.78 is 33.8. The van der Waals surface area contributed by atoms with Gasteiger partial charge in [0.25, 0.3) is 0 Å². The molecule has 0 aromatic rings. The molecule has 20 heavy (non-hydrogen) atoms. The van der Waals surface area contributed by atoms with E-state index in [0.29, 0.717) is 0 Å². The Bertz CT molecular complexity index is 390. The van der Waals surface area contributed by atoms with E-state index < -0.39 is 61.4 Å². The van der Waals surface area contributed by atoms with Crippen LogP contribution in [0.3, 0.4) is 0 Å². The van der Waals surface area contributed by atoms with Crippen molar-refractivity contribution in [3.05, 3.63) is 0 Å². The van der Waals surface area contributed by atoms with Gasteiger partial charge in [-0.05, 0) is 0 Å². The van der Waals surface area contributed by atoms with E-state index in [4.69, 9.17) is 9.66 Å². The summed E-state index contributed by atoms with van der Waals surface area (Å²) in [6, 6.07) is 0. The first-order valence-electron chi connectivity index (χ1n) is 5.77. The molecule has 1 heterocycles. The van der Waals surface area contributed by atoms with Gasteiger partial charge in [0.1, 0.15) is 0 Å². The van der Waals surface area contributed by atoms with Crippen LogP contribution >= 0.6 is 0 Å². The van der Waals surface area contributed by atoms with Gasteiger partial charge in [0.05, 0.1) is 0 Å². The van der Waals surface area contributed by atoms with Crippen molar-refractivity contribution < 1.29 is 42.7 Å². The zero-order valence-electron chi connectivity index (χ0n) is 10.4. The van der Waals surface area contributed by atoms with Crippen LogP contribution in [0, 0.1) is 0 Å². The fourth-order valence-electron chi connectivity index (χ4n) is 1.86. The number of rotatable bonds is 6. The van der Waals surface area contributed by atoms with Gasteiger partial charge in [0.2, 0.25) is 0 Å². The van der Waals surface area contributed by atoms with Crippen molar-refractivity contribution >= 4 is 24.3 Å². The minimum absolute atomic E-state index is 0.0571. The second kappa shape index (κ2) is 7.45. The molecule has 0 aromatic heterocycles. The molecular weight excluding hydrogens is 363 g/mol. The normalized spacial score (nSPS) is 34.7. The van der Waals surface area contributed by atoms with Gasteiger partial charge in [-0.2, -0.15) is 0 Å². The van der Waals surface area contributed by atoms with E-state index in [9.17, 15) is 28.8 Å². The summed E-state index contributed by atoms with van der Waals surface area (Å²) in [5.74, 6) is 0. The Morgan fingerprint density at radius 1 is 1.20 bits per heavy atom. The summed E-state index contributed by atoms with van der Waals surface area (Å²) in [6.45, 7) is -0.812. The van der Waals surface area contributed by atoms with Crippen molar-refractivity contribution in [1.82, 2.24) is 0 Å². The predicted molar refractivity (Wildman–Crippen MR) is 67.7 cm³/mol. The Morgan fingerprint density at radius 3 is 2.10 bits per heavy atom. The third kappa shape index (κ3) is 5.52. The first-order chi connectivity index (χ1) is 9.14. The van der Waals surface area contributed by atoms with E-state index in [1.165, 1.54) is 0 Å². The third-order valence-electron chi connectivity index (χ3n) is 2.86. The Hall–Kier alpha value is 0.189. The van der Waals surface area contributed by atoms with E-state index in [0.717, 1.165) is 0 Å². The van der Waals surface area contributed by atoms with Crippen LogP contribution in [0.2, 0.25) is 16.0 Å². The van der Waals surface area contributed by atoms with Gasteiger partial charge in [-0.15, -0.1) is 0 Å². The van der Waals surface area contributed by atoms with E-state index in [1.54, 1.807) is 0 Å². The molecule has 9 nitrogen and oxygen atoms in total. The summed E-state index contributed by atoms with van der Waals surface area (Å²) in [5.41, 5.74) is 0. The molecule has 0 bridgehead atoms. The molecule has 11 heteroatoms. The predicted octanol–water partition coefficient (Wildman–Crippen LogP) is -2.88. The Morgan fingerprint density at radius 2 is 1.70 bits per heavy atom. The van der Waals surface area contributed by atoms with Crippen molar-refractivity contribution in [3.63, 3.8) is 0 Å². The van der Waals surface area contributed by atoms with Crippen LogP contribution < -0.4 is 0 Å². The fraction of sp³-hybridized carbons (Fsp3) is 1.00. The summed E-state index contributed by atoms with van der Waals surface area (Å²) in [6.07, 6.45) is -6.27. The van der Waals surface area contributed by atoms with Crippen molar-refractivity contribution in [2.75, 3.05) is 6.61 Å². The molecular formula is C9H19O9SSe+. The van der Waals surface area contributed by atoms with Gasteiger partial charge in [0, 0.05) is 0 Å². The van der Waals surface area contributed by atoms with Crippen molar-refractivity contribution in [2.24, 2.45) is 0 Å². The van der Waals surface area contributed by atoms with E-state index >= 15 is 0 Å². The first-order valence-corrected chi connectivity index (χ1v) is 10.8. The van der Waals surface area contributed by atoms with Gasteiger partial charge in [0.15, 0.2) is 0 Å². The molecule has 0 spiro atoms.